The first-order chi connectivity index (χ1) is 6.99. The molecular weight excluding hydrogens is 198 g/mol. The zero-order valence-electron chi connectivity index (χ0n) is 9.52. The van der Waals surface area contributed by atoms with E-state index in [0.29, 0.717) is 19.6 Å². The third kappa shape index (κ3) is 5.93. The Morgan fingerprint density at radius 2 is 2.00 bits per heavy atom. The van der Waals surface area contributed by atoms with Crippen molar-refractivity contribution in [3.8, 4) is 0 Å². The number of hydrogen-bond acceptors (Lipinski definition) is 3. The average molecular weight is 217 g/mol. The highest BCUT2D eigenvalue weighted by molar-refractivity contribution is 5.68. The van der Waals surface area contributed by atoms with Gasteiger partial charge in [0.2, 0.25) is 0 Å². The van der Waals surface area contributed by atoms with Crippen LogP contribution in [0.5, 0.6) is 0 Å². The number of hydrogen-bond donors (Lipinski definition) is 1. The molecule has 0 saturated heterocycles. The molecule has 0 unspecified atom stereocenters. The van der Waals surface area contributed by atoms with E-state index in [4.69, 9.17) is 9.84 Å². The normalized spacial score (nSPS) is 10.1. The lowest BCUT2D eigenvalue weighted by molar-refractivity contribution is -0.137. The van der Waals surface area contributed by atoms with Gasteiger partial charge in [-0.1, -0.05) is 0 Å². The number of carboxylic acid groups (broad SMARTS) is 1. The molecule has 0 aromatic carbocycles. The molecule has 0 radical (unpaired) electrons. The fraction of sp³-hybridized carbons (Fsp3) is 0.800. The maximum absolute atomic E-state index is 11.4. The predicted octanol–water partition coefficient (Wildman–Crippen LogP) is 1.72. The number of nitrogens with zero attached hydrogens (tertiary/aromatic N) is 1. The highest BCUT2D eigenvalue weighted by Crippen LogP contribution is 2.04. The Morgan fingerprint density at radius 3 is 2.40 bits per heavy atom. The summed E-state index contributed by atoms with van der Waals surface area (Å²) in [5.41, 5.74) is 0. The lowest BCUT2D eigenvalue weighted by atomic mass is 10.2. The van der Waals surface area contributed by atoms with E-state index < -0.39 is 5.97 Å². The van der Waals surface area contributed by atoms with Gasteiger partial charge in [-0.25, -0.2) is 4.79 Å². The van der Waals surface area contributed by atoms with Crippen LogP contribution in [0.3, 0.4) is 0 Å². The van der Waals surface area contributed by atoms with Crippen molar-refractivity contribution >= 4 is 12.1 Å². The van der Waals surface area contributed by atoms with Crippen LogP contribution >= 0.6 is 0 Å². The first-order valence-corrected chi connectivity index (χ1v) is 5.14. The quantitative estimate of drug-likeness (QED) is 0.735. The van der Waals surface area contributed by atoms with E-state index in [1.807, 2.05) is 13.8 Å². The second kappa shape index (κ2) is 7.09. The van der Waals surface area contributed by atoms with Gasteiger partial charge in [0.15, 0.2) is 0 Å². The van der Waals surface area contributed by atoms with Crippen LogP contribution in [0.25, 0.3) is 0 Å². The molecular formula is C10H19NO4. The van der Waals surface area contributed by atoms with E-state index in [1.165, 1.54) is 4.90 Å². The highest BCUT2D eigenvalue weighted by atomic mass is 16.6. The van der Waals surface area contributed by atoms with Gasteiger partial charge in [-0.2, -0.15) is 0 Å². The molecule has 88 valence electrons. The van der Waals surface area contributed by atoms with Gasteiger partial charge in [-0.15, -0.1) is 0 Å². The van der Waals surface area contributed by atoms with Gasteiger partial charge in [0.25, 0.3) is 0 Å². The van der Waals surface area contributed by atoms with Gasteiger partial charge in [-0.05, 0) is 27.2 Å². The second-order valence-electron chi connectivity index (χ2n) is 3.48. The summed E-state index contributed by atoms with van der Waals surface area (Å²) < 4.78 is 4.86. The minimum atomic E-state index is -0.845. The fourth-order valence-corrected chi connectivity index (χ4v) is 1.17. The zero-order chi connectivity index (χ0) is 11.8. The van der Waals surface area contributed by atoms with E-state index in [-0.39, 0.29) is 18.6 Å². The summed E-state index contributed by atoms with van der Waals surface area (Å²) >= 11 is 0. The highest BCUT2D eigenvalue weighted by Gasteiger charge is 2.17. The molecule has 1 amide bonds. The molecule has 0 heterocycles. The summed E-state index contributed by atoms with van der Waals surface area (Å²) in [6, 6.07) is 0.0258. The zero-order valence-corrected chi connectivity index (χ0v) is 9.52. The SMILES string of the molecule is CCOC(=O)N(CCCC(=O)O)C(C)C. The molecule has 0 saturated carbocycles. The first kappa shape index (κ1) is 13.7. The van der Waals surface area contributed by atoms with Crippen molar-refractivity contribution < 1.29 is 19.4 Å². The van der Waals surface area contributed by atoms with Crippen molar-refractivity contribution in [1.29, 1.82) is 0 Å². The number of carboxylic acids is 1. The minimum Gasteiger partial charge on any atom is -0.481 e. The van der Waals surface area contributed by atoms with Crippen LogP contribution in [0.15, 0.2) is 0 Å². The molecule has 0 aliphatic heterocycles. The Labute approximate surface area is 90.0 Å². The summed E-state index contributed by atoms with van der Waals surface area (Å²) in [6.45, 7) is 6.24. The maximum atomic E-state index is 11.4. The second-order valence-corrected chi connectivity index (χ2v) is 3.48. The largest absolute Gasteiger partial charge is 0.481 e. The predicted molar refractivity (Wildman–Crippen MR) is 55.7 cm³/mol. The summed E-state index contributed by atoms with van der Waals surface area (Å²) in [6.07, 6.45) is 0.146. The summed E-state index contributed by atoms with van der Waals surface area (Å²) in [5.74, 6) is -0.845. The smallest absolute Gasteiger partial charge is 0.409 e. The molecule has 0 aromatic heterocycles. The summed E-state index contributed by atoms with van der Waals surface area (Å²) in [5, 5.41) is 8.47. The molecule has 15 heavy (non-hydrogen) atoms. The van der Waals surface area contributed by atoms with Crippen molar-refractivity contribution in [3.63, 3.8) is 0 Å². The Bertz CT molecular complexity index is 215. The van der Waals surface area contributed by atoms with Gasteiger partial charge in [-0.3, -0.25) is 4.79 Å². The monoisotopic (exact) mass is 217 g/mol. The van der Waals surface area contributed by atoms with E-state index in [2.05, 4.69) is 0 Å². The van der Waals surface area contributed by atoms with Gasteiger partial charge in [0, 0.05) is 19.0 Å². The number of ether oxygens (including phenoxy) is 1. The van der Waals surface area contributed by atoms with Crippen molar-refractivity contribution in [2.75, 3.05) is 13.2 Å². The molecule has 0 fully saturated rings. The topological polar surface area (TPSA) is 66.8 Å². The van der Waals surface area contributed by atoms with E-state index >= 15 is 0 Å². The van der Waals surface area contributed by atoms with Crippen LogP contribution in [0.4, 0.5) is 4.79 Å². The molecule has 0 aromatic rings. The Hall–Kier alpha value is -1.26. The maximum Gasteiger partial charge on any atom is 0.409 e. The van der Waals surface area contributed by atoms with E-state index in [0.717, 1.165) is 0 Å². The molecule has 1 N–H and O–H groups in total. The number of amides is 1. The molecule has 5 nitrogen and oxygen atoms in total. The van der Waals surface area contributed by atoms with Crippen molar-refractivity contribution in [3.05, 3.63) is 0 Å². The van der Waals surface area contributed by atoms with Gasteiger partial charge in [0.05, 0.1) is 6.61 Å². The van der Waals surface area contributed by atoms with Gasteiger partial charge < -0.3 is 14.7 Å². The van der Waals surface area contributed by atoms with Gasteiger partial charge in [0.1, 0.15) is 0 Å². The van der Waals surface area contributed by atoms with Crippen LogP contribution in [-0.2, 0) is 9.53 Å². The van der Waals surface area contributed by atoms with Crippen LogP contribution in [-0.4, -0.2) is 41.3 Å². The molecule has 0 atom stereocenters. The number of carbonyl (C=O) groups excluding carboxylic acids is 1. The lowest BCUT2D eigenvalue weighted by Crippen LogP contribution is -2.38. The number of carbonyl (C=O) groups is 2. The van der Waals surface area contributed by atoms with Gasteiger partial charge >= 0.3 is 12.1 Å². The Kier molecular flexibility index (Phi) is 6.49. The number of rotatable bonds is 6. The molecule has 0 rings (SSSR count). The summed E-state index contributed by atoms with van der Waals surface area (Å²) in [7, 11) is 0. The Morgan fingerprint density at radius 1 is 1.40 bits per heavy atom. The van der Waals surface area contributed by atoms with Crippen LogP contribution in [0, 0.1) is 0 Å². The summed E-state index contributed by atoms with van der Waals surface area (Å²) in [4.78, 5) is 23.3. The molecule has 0 bridgehead atoms. The lowest BCUT2D eigenvalue weighted by Gasteiger charge is -2.25. The third-order valence-electron chi connectivity index (χ3n) is 1.92. The minimum absolute atomic E-state index is 0.0258. The van der Waals surface area contributed by atoms with Crippen molar-refractivity contribution in [2.45, 2.75) is 39.7 Å². The van der Waals surface area contributed by atoms with E-state index in [9.17, 15) is 9.59 Å². The first-order valence-electron chi connectivity index (χ1n) is 5.14. The Balaban J connectivity index is 4.04. The van der Waals surface area contributed by atoms with E-state index in [1.54, 1.807) is 6.92 Å². The van der Waals surface area contributed by atoms with Crippen LogP contribution < -0.4 is 0 Å². The molecule has 0 spiro atoms. The fourth-order valence-electron chi connectivity index (χ4n) is 1.17. The number of aliphatic carboxylic acids is 1. The van der Waals surface area contributed by atoms with Crippen LogP contribution in [0.2, 0.25) is 0 Å². The molecule has 0 aliphatic carbocycles. The molecule has 0 aliphatic rings. The van der Waals surface area contributed by atoms with Crippen LogP contribution in [0.1, 0.15) is 33.6 Å². The van der Waals surface area contributed by atoms with Crippen molar-refractivity contribution in [1.82, 2.24) is 4.90 Å². The molecule has 5 heteroatoms. The average Bonchev–Trinajstić information content (AvgIpc) is 2.11. The standard InChI is InChI=1S/C10H19NO4/c1-4-15-10(14)11(8(2)3)7-5-6-9(12)13/h8H,4-7H2,1-3H3,(H,12,13). The van der Waals surface area contributed by atoms with Crippen molar-refractivity contribution in [2.24, 2.45) is 0 Å². The third-order valence-corrected chi connectivity index (χ3v) is 1.92.